The van der Waals surface area contributed by atoms with Crippen molar-refractivity contribution in [2.45, 2.75) is 37.8 Å². The minimum absolute atomic E-state index is 0.179. The van der Waals surface area contributed by atoms with E-state index in [1.807, 2.05) is 12.1 Å². The number of aromatic hydroxyl groups is 1. The summed E-state index contributed by atoms with van der Waals surface area (Å²) in [6.45, 7) is 1.83. The van der Waals surface area contributed by atoms with Crippen LogP contribution in [0.4, 0.5) is 0 Å². The number of phenols is 1. The molecule has 3 heterocycles. The highest BCUT2D eigenvalue weighted by atomic mass is 16.3. The van der Waals surface area contributed by atoms with Crippen LogP contribution in [0, 0.1) is 5.92 Å². The maximum Gasteiger partial charge on any atom is 0.227 e. The minimum atomic E-state index is 0.179. The lowest BCUT2D eigenvalue weighted by molar-refractivity contribution is -0.145. The Morgan fingerprint density at radius 3 is 3.15 bits per heavy atom. The number of nitrogens with zero attached hydrogens (tertiary/aromatic N) is 1. The Kier molecular flexibility index (Phi) is 2.74. The molecular weight excluding hydrogens is 252 g/mol. The quantitative estimate of drug-likeness (QED) is 0.754. The highest BCUT2D eigenvalue weighted by Gasteiger charge is 2.44. The summed E-state index contributed by atoms with van der Waals surface area (Å²) in [6.07, 6.45) is 4.00. The normalized spacial score (nSPS) is 32.3. The molecule has 0 bridgehead atoms. The number of piperidine rings is 2. The van der Waals surface area contributed by atoms with Gasteiger partial charge in [-0.05, 0) is 55.5 Å². The lowest BCUT2D eigenvalue weighted by atomic mass is 9.77. The highest BCUT2D eigenvalue weighted by Crippen LogP contribution is 2.41. The second-order valence-corrected chi connectivity index (χ2v) is 6.23. The van der Waals surface area contributed by atoms with Crippen LogP contribution >= 0.6 is 0 Å². The van der Waals surface area contributed by atoms with Crippen molar-refractivity contribution >= 4 is 5.91 Å². The smallest absolute Gasteiger partial charge is 0.227 e. The molecule has 2 fully saturated rings. The van der Waals surface area contributed by atoms with Gasteiger partial charge in [-0.25, -0.2) is 0 Å². The van der Waals surface area contributed by atoms with E-state index in [0.29, 0.717) is 17.7 Å². The third-order valence-electron chi connectivity index (χ3n) is 5.15. The van der Waals surface area contributed by atoms with Crippen molar-refractivity contribution in [1.82, 2.24) is 10.2 Å². The Balaban J connectivity index is 1.71. The predicted octanol–water partition coefficient (Wildman–Crippen LogP) is 1.59. The minimum Gasteiger partial charge on any atom is -0.508 e. The van der Waals surface area contributed by atoms with Gasteiger partial charge in [-0.2, -0.15) is 0 Å². The largest absolute Gasteiger partial charge is 0.508 e. The third-order valence-corrected chi connectivity index (χ3v) is 5.15. The zero-order valence-electron chi connectivity index (χ0n) is 11.5. The van der Waals surface area contributed by atoms with Crippen molar-refractivity contribution in [2.24, 2.45) is 5.92 Å². The molecule has 4 rings (SSSR count). The summed E-state index contributed by atoms with van der Waals surface area (Å²) < 4.78 is 0. The molecule has 1 amide bonds. The van der Waals surface area contributed by atoms with Gasteiger partial charge < -0.3 is 15.3 Å². The van der Waals surface area contributed by atoms with Gasteiger partial charge in [-0.3, -0.25) is 4.79 Å². The number of nitrogens with one attached hydrogen (secondary N) is 1. The molecule has 2 N–H and O–H groups in total. The second-order valence-electron chi connectivity index (χ2n) is 6.23. The summed E-state index contributed by atoms with van der Waals surface area (Å²) >= 11 is 0. The van der Waals surface area contributed by atoms with Gasteiger partial charge in [0.25, 0.3) is 0 Å². The number of hydrogen-bond donors (Lipinski definition) is 2. The summed E-state index contributed by atoms with van der Waals surface area (Å²) in [4.78, 5) is 14.8. The van der Waals surface area contributed by atoms with Gasteiger partial charge >= 0.3 is 0 Å². The Labute approximate surface area is 118 Å². The van der Waals surface area contributed by atoms with Gasteiger partial charge in [0.2, 0.25) is 5.91 Å². The zero-order valence-corrected chi connectivity index (χ0v) is 11.5. The molecule has 20 heavy (non-hydrogen) atoms. The van der Waals surface area contributed by atoms with Crippen molar-refractivity contribution in [3.8, 4) is 5.75 Å². The van der Waals surface area contributed by atoms with Gasteiger partial charge in [-0.15, -0.1) is 0 Å². The first-order chi connectivity index (χ1) is 9.74. The Hall–Kier alpha value is -1.55. The van der Waals surface area contributed by atoms with E-state index in [-0.39, 0.29) is 12.0 Å². The fourth-order valence-electron chi connectivity index (χ4n) is 4.17. The van der Waals surface area contributed by atoms with Crippen LogP contribution in [0.1, 0.15) is 36.4 Å². The standard InChI is InChI=1S/C16H20N2O2/c19-11-3-4-12-10(8-11)5-7-18-15(12)9-14-13(16(18)20)2-1-6-17-14/h3-4,8,13-15,17,19H,1-2,5-7,9H2/t13-,14-,15-/m0/s1. The lowest BCUT2D eigenvalue weighted by Crippen LogP contribution is -2.57. The van der Waals surface area contributed by atoms with E-state index in [1.54, 1.807) is 6.07 Å². The fourth-order valence-corrected chi connectivity index (χ4v) is 4.17. The second kappa shape index (κ2) is 4.48. The van der Waals surface area contributed by atoms with Crippen molar-refractivity contribution in [2.75, 3.05) is 13.1 Å². The van der Waals surface area contributed by atoms with Gasteiger partial charge in [0.1, 0.15) is 5.75 Å². The van der Waals surface area contributed by atoms with Crippen LogP contribution in [0.2, 0.25) is 0 Å². The van der Waals surface area contributed by atoms with Crippen molar-refractivity contribution < 1.29 is 9.90 Å². The van der Waals surface area contributed by atoms with Crippen LogP contribution in [-0.2, 0) is 11.2 Å². The lowest BCUT2D eigenvalue weighted by Gasteiger charge is -2.48. The molecule has 0 aliphatic carbocycles. The molecule has 3 atom stereocenters. The van der Waals surface area contributed by atoms with Crippen molar-refractivity contribution in [3.05, 3.63) is 29.3 Å². The fraction of sp³-hybridized carbons (Fsp3) is 0.562. The molecule has 4 heteroatoms. The first kappa shape index (κ1) is 12.2. The molecule has 0 unspecified atom stereocenters. The number of benzene rings is 1. The van der Waals surface area contributed by atoms with Gasteiger partial charge in [-0.1, -0.05) is 6.07 Å². The molecule has 0 radical (unpaired) electrons. The zero-order chi connectivity index (χ0) is 13.7. The molecule has 1 aromatic carbocycles. The highest BCUT2D eigenvalue weighted by molar-refractivity contribution is 5.81. The summed E-state index contributed by atoms with van der Waals surface area (Å²) in [5, 5.41) is 13.2. The number of amides is 1. The first-order valence-electron chi connectivity index (χ1n) is 7.60. The third kappa shape index (κ3) is 1.74. The summed E-state index contributed by atoms with van der Waals surface area (Å²) in [5.74, 6) is 0.837. The topological polar surface area (TPSA) is 52.6 Å². The molecule has 4 nitrogen and oxygen atoms in total. The molecular formula is C16H20N2O2. The molecule has 3 aliphatic heterocycles. The van der Waals surface area contributed by atoms with Crippen LogP contribution in [0.3, 0.4) is 0 Å². The number of carbonyl (C=O) groups excluding carboxylic acids is 1. The Morgan fingerprint density at radius 2 is 2.25 bits per heavy atom. The Bertz CT molecular complexity index is 557. The van der Waals surface area contributed by atoms with Crippen molar-refractivity contribution in [1.29, 1.82) is 0 Å². The number of phenolic OH excluding ortho intramolecular Hbond substituents is 1. The number of fused-ring (bicyclic) bond motifs is 4. The van der Waals surface area contributed by atoms with Crippen LogP contribution < -0.4 is 5.32 Å². The summed E-state index contributed by atoms with van der Waals surface area (Å²) in [7, 11) is 0. The van der Waals surface area contributed by atoms with Gasteiger partial charge in [0.15, 0.2) is 0 Å². The number of rotatable bonds is 0. The maximum absolute atomic E-state index is 12.7. The molecule has 0 aromatic heterocycles. The molecule has 2 saturated heterocycles. The van der Waals surface area contributed by atoms with Crippen LogP contribution in [-0.4, -0.2) is 35.0 Å². The van der Waals surface area contributed by atoms with E-state index in [9.17, 15) is 9.90 Å². The molecule has 106 valence electrons. The van der Waals surface area contributed by atoms with Crippen LogP contribution in [0.5, 0.6) is 5.75 Å². The summed E-state index contributed by atoms with van der Waals surface area (Å²) in [6, 6.07) is 6.12. The molecule has 3 aliphatic rings. The monoisotopic (exact) mass is 272 g/mol. The van der Waals surface area contributed by atoms with Crippen LogP contribution in [0.15, 0.2) is 18.2 Å². The predicted molar refractivity (Wildman–Crippen MR) is 75.4 cm³/mol. The molecule has 1 aromatic rings. The van der Waals surface area contributed by atoms with Gasteiger partial charge in [0.05, 0.1) is 12.0 Å². The maximum atomic E-state index is 12.7. The van der Waals surface area contributed by atoms with E-state index in [1.165, 1.54) is 11.1 Å². The average Bonchev–Trinajstić information content (AvgIpc) is 2.47. The van der Waals surface area contributed by atoms with Crippen molar-refractivity contribution in [3.63, 3.8) is 0 Å². The molecule has 0 spiro atoms. The van der Waals surface area contributed by atoms with E-state index >= 15 is 0 Å². The number of carbonyl (C=O) groups is 1. The Morgan fingerprint density at radius 1 is 1.35 bits per heavy atom. The molecule has 0 saturated carbocycles. The number of hydrogen-bond acceptors (Lipinski definition) is 3. The van der Waals surface area contributed by atoms with E-state index in [4.69, 9.17) is 0 Å². The average molecular weight is 272 g/mol. The van der Waals surface area contributed by atoms with Crippen LogP contribution in [0.25, 0.3) is 0 Å². The van der Waals surface area contributed by atoms with E-state index in [2.05, 4.69) is 10.2 Å². The van der Waals surface area contributed by atoms with E-state index < -0.39 is 0 Å². The first-order valence-corrected chi connectivity index (χ1v) is 7.60. The van der Waals surface area contributed by atoms with Gasteiger partial charge in [0, 0.05) is 12.6 Å². The van der Waals surface area contributed by atoms with E-state index in [0.717, 1.165) is 38.8 Å². The summed E-state index contributed by atoms with van der Waals surface area (Å²) in [5.41, 5.74) is 2.43. The SMILES string of the molecule is O=C1[C@H]2CCCN[C@H]2C[C@H]2c3ccc(O)cc3CCN12.